The number of hydrogen-bond donors (Lipinski definition) is 0. The second kappa shape index (κ2) is 11.1. The average Bonchev–Trinajstić information content (AvgIpc) is 3.58. The molecular formula is C32H23BrN2O4S. The van der Waals surface area contributed by atoms with E-state index in [1.165, 1.54) is 11.3 Å². The Hall–Kier alpha value is -4.27. The summed E-state index contributed by atoms with van der Waals surface area (Å²) < 4.78 is 14.6. The lowest BCUT2D eigenvalue weighted by atomic mass is 9.93. The molecule has 6 rings (SSSR count). The number of ether oxygens (including phenoxy) is 1. The van der Waals surface area contributed by atoms with Crippen LogP contribution in [-0.2, 0) is 9.53 Å². The van der Waals surface area contributed by atoms with Gasteiger partial charge in [0.2, 0.25) is 0 Å². The number of aromatic nitrogens is 1. The molecule has 0 unspecified atom stereocenters. The zero-order valence-electron chi connectivity index (χ0n) is 21.4. The van der Waals surface area contributed by atoms with Gasteiger partial charge in [0.15, 0.2) is 4.80 Å². The molecule has 6 nitrogen and oxygen atoms in total. The number of furan rings is 1. The van der Waals surface area contributed by atoms with Gasteiger partial charge in [0.05, 0.1) is 28.5 Å². The Labute approximate surface area is 242 Å². The summed E-state index contributed by atoms with van der Waals surface area (Å²) in [5, 5.41) is 0. The third-order valence-electron chi connectivity index (χ3n) is 6.52. The molecule has 0 aliphatic carbocycles. The fourth-order valence-corrected chi connectivity index (χ4v) is 5.97. The van der Waals surface area contributed by atoms with Gasteiger partial charge in [-0.05, 0) is 36.8 Å². The molecule has 0 amide bonds. The summed E-state index contributed by atoms with van der Waals surface area (Å²) in [5.41, 5.74) is 3.06. The van der Waals surface area contributed by atoms with Crippen molar-refractivity contribution in [3.63, 3.8) is 0 Å². The summed E-state index contributed by atoms with van der Waals surface area (Å²) in [4.78, 5) is 32.8. The Balaban J connectivity index is 1.55. The van der Waals surface area contributed by atoms with E-state index in [0.29, 0.717) is 32.1 Å². The first kappa shape index (κ1) is 26.0. The van der Waals surface area contributed by atoms with Crippen molar-refractivity contribution in [2.75, 3.05) is 6.61 Å². The average molecular weight is 612 g/mol. The fourth-order valence-electron chi connectivity index (χ4n) is 4.72. The van der Waals surface area contributed by atoms with Gasteiger partial charge >= 0.3 is 5.97 Å². The summed E-state index contributed by atoms with van der Waals surface area (Å²) in [6.45, 7) is 1.97. The molecule has 1 atom stereocenters. The van der Waals surface area contributed by atoms with Gasteiger partial charge in [-0.2, -0.15) is 0 Å². The third-order valence-corrected chi connectivity index (χ3v) is 8.03. The van der Waals surface area contributed by atoms with E-state index in [4.69, 9.17) is 14.1 Å². The molecule has 0 radical (unpaired) electrons. The van der Waals surface area contributed by atoms with Gasteiger partial charge in [-0.15, -0.1) is 0 Å². The van der Waals surface area contributed by atoms with Crippen molar-refractivity contribution in [3.05, 3.63) is 144 Å². The number of nitrogens with zero attached hydrogens (tertiary/aromatic N) is 2. The molecule has 0 fully saturated rings. The Kier molecular flexibility index (Phi) is 7.19. The number of esters is 1. The summed E-state index contributed by atoms with van der Waals surface area (Å²) in [5.74, 6) is 0.746. The number of benzene rings is 3. The minimum Gasteiger partial charge on any atom is -0.463 e. The summed E-state index contributed by atoms with van der Waals surface area (Å²) in [6, 6.07) is 29.8. The smallest absolute Gasteiger partial charge is 0.338 e. The van der Waals surface area contributed by atoms with Gasteiger partial charge < -0.3 is 9.15 Å². The number of carbonyl (C=O) groups is 1. The lowest BCUT2D eigenvalue weighted by Gasteiger charge is -2.25. The van der Waals surface area contributed by atoms with E-state index >= 15 is 0 Å². The molecule has 5 aromatic rings. The zero-order chi connectivity index (χ0) is 27.6. The van der Waals surface area contributed by atoms with E-state index in [0.717, 1.165) is 21.2 Å². The van der Waals surface area contributed by atoms with Crippen LogP contribution in [0.2, 0.25) is 0 Å². The number of thiazole rings is 1. The normalized spacial score (nSPS) is 15.1. The van der Waals surface area contributed by atoms with Crippen LogP contribution in [0.1, 0.15) is 29.9 Å². The first-order valence-electron chi connectivity index (χ1n) is 12.7. The Bertz CT molecular complexity index is 1900. The molecule has 0 spiro atoms. The highest BCUT2D eigenvalue weighted by atomic mass is 79.9. The standard InChI is InChI=1S/C32H23BrN2O4S/c1-2-38-31(37)27-28(21-9-5-3-6-10-21)34-32-35(29(27)22-11-7-4-8-12-22)30(36)26(40-32)19-24-17-18-25(39-24)20-13-15-23(33)16-14-20/h3-19,29H,2H2,1H3/b26-19-/t29-/m1/s1. The maximum absolute atomic E-state index is 13.9. The van der Waals surface area contributed by atoms with Crippen molar-refractivity contribution in [1.29, 1.82) is 0 Å². The second-order valence-corrected chi connectivity index (χ2v) is 11.0. The quantitative estimate of drug-likeness (QED) is 0.222. The van der Waals surface area contributed by atoms with Crippen LogP contribution >= 0.6 is 27.3 Å². The van der Waals surface area contributed by atoms with Gasteiger partial charge in [0, 0.05) is 21.7 Å². The highest BCUT2D eigenvalue weighted by Gasteiger charge is 2.35. The highest BCUT2D eigenvalue weighted by Crippen LogP contribution is 2.35. The first-order valence-corrected chi connectivity index (χ1v) is 14.3. The molecule has 3 aromatic carbocycles. The van der Waals surface area contributed by atoms with Crippen molar-refractivity contribution in [1.82, 2.24) is 4.57 Å². The molecule has 0 N–H and O–H groups in total. The van der Waals surface area contributed by atoms with Crippen molar-refractivity contribution in [3.8, 4) is 11.3 Å². The minimum absolute atomic E-state index is 0.204. The van der Waals surface area contributed by atoms with Gasteiger partial charge in [-0.1, -0.05) is 100 Å². The summed E-state index contributed by atoms with van der Waals surface area (Å²) >= 11 is 4.72. The lowest BCUT2D eigenvalue weighted by molar-refractivity contribution is -0.138. The van der Waals surface area contributed by atoms with Crippen molar-refractivity contribution < 1.29 is 13.9 Å². The maximum atomic E-state index is 13.9. The first-order chi connectivity index (χ1) is 19.5. The van der Waals surface area contributed by atoms with Crippen molar-refractivity contribution in [2.24, 2.45) is 4.99 Å². The SMILES string of the molecule is CCOC(=O)C1=C(c2ccccc2)N=c2s/c(=C\c3ccc(-c4ccc(Br)cc4)o3)c(=O)n2[C@@H]1c1ccccc1. The third kappa shape index (κ3) is 4.92. The number of carbonyl (C=O) groups excluding carboxylic acids is 1. The number of fused-ring (bicyclic) bond motifs is 1. The summed E-state index contributed by atoms with van der Waals surface area (Å²) in [6.07, 6.45) is 1.73. The fraction of sp³-hybridized carbons (Fsp3) is 0.0938. The molecule has 0 saturated heterocycles. The zero-order valence-corrected chi connectivity index (χ0v) is 23.8. The predicted octanol–water partition coefficient (Wildman–Crippen LogP) is 5.96. The Morgan fingerprint density at radius 3 is 2.38 bits per heavy atom. The number of rotatable bonds is 6. The molecule has 1 aliphatic rings. The molecular weight excluding hydrogens is 588 g/mol. The van der Waals surface area contributed by atoms with Crippen LogP contribution in [0, 0.1) is 0 Å². The van der Waals surface area contributed by atoms with E-state index in [9.17, 15) is 9.59 Å². The van der Waals surface area contributed by atoms with Gasteiger partial charge in [-0.25, -0.2) is 9.79 Å². The van der Waals surface area contributed by atoms with Crippen LogP contribution in [0.15, 0.2) is 121 Å². The van der Waals surface area contributed by atoms with E-state index in [1.54, 1.807) is 17.6 Å². The van der Waals surface area contributed by atoms with Crippen molar-refractivity contribution in [2.45, 2.75) is 13.0 Å². The van der Waals surface area contributed by atoms with E-state index in [-0.39, 0.29) is 12.2 Å². The van der Waals surface area contributed by atoms with Gasteiger partial charge in [-0.3, -0.25) is 9.36 Å². The van der Waals surface area contributed by atoms with Gasteiger partial charge in [0.25, 0.3) is 5.56 Å². The molecule has 0 bridgehead atoms. The maximum Gasteiger partial charge on any atom is 0.338 e. The lowest BCUT2D eigenvalue weighted by Crippen LogP contribution is -2.39. The van der Waals surface area contributed by atoms with Gasteiger partial charge in [0.1, 0.15) is 11.5 Å². The van der Waals surface area contributed by atoms with Crippen molar-refractivity contribution >= 4 is 45.0 Å². The predicted molar refractivity (Wildman–Crippen MR) is 159 cm³/mol. The Morgan fingerprint density at radius 2 is 1.68 bits per heavy atom. The number of halogens is 1. The molecule has 8 heteroatoms. The molecule has 0 saturated carbocycles. The van der Waals surface area contributed by atoms with Crippen LogP contribution in [-0.4, -0.2) is 17.1 Å². The largest absolute Gasteiger partial charge is 0.463 e. The number of hydrogen-bond acceptors (Lipinski definition) is 6. The van der Waals surface area contributed by atoms with E-state index < -0.39 is 12.0 Å². The van der Waals surface area contributed by atoms with Crippen LogP contribution in [0.4, 0.5) is 0 Å². The van der Waals surface area contributed by atoms with E-state index in [1.807, 2.05) is 97.1 Å². The molecule has 198 valence electrons. The van der Waals surface area contributed by atoms with E-state index in [2.05, 4.69) is 15.9 Å². The minimum atomic E-state index is -0.705. The molecule has 40 heavy (non-hydrogen) atoms. The van der Waals surface area contributed by atoms with Crippen LogP contribution < -0.4 is 14.9 Å². The second-order valence-electron chi connectivity index (χ2n) is 9.05. The molecule has 2 aromatic heterocycles. The van der Waals surface area contributed by atoms with Crippen LogP contribution in [0.3, 0.4) is 0 Å². The molecule has 3 heterocycles. The topological polar surface area (TPSA) is 73.8 Å². The van der Waals surface area contributed by atoms with Crippen LogP contribution in [0.25, 0.3) is 23.1 Å². The van der Waals surface area contributed by atoms with Crippen LogP contribution in [0.5, 0.6) is 0 Å². The Morgan fingerprint density at radius 1 is 0.975 bits per heavy atom. The molecule has 1 aliphatic heterocycles. The highest BCUT2D eigenvalue weighted by molar-refractivity contribution is 9.10. The monoisotopic (exact) mass is 610 g/mol. The summed E-state index contributed by atoms with van der Waals surface area (Å²) in [7, 11) is 0.